The molecule has 0 saturated carbocycles. The number of carboxylic acid groups (broad SMARTS) is 2. The van der Waals surface area contributed by atoms with E-state index in [0.717, 1.165) is 14.5 Å². The average Bonchev–Trinajstić information content (AvgIpc) is 3.27. The molecule has 1 aliphatic heterocycles. The van der Waals surface area contributed by atoms with Gasteiger partial charge in [-0.25, -0.2) is 4.79 Å². The number of aliphatic carboxylic acids is 2. The van der Waals surface area contributed by atoms with Crippen molar-refractivity contribution in [2.24, 2.45) is 11.3 Å². The lowest BCUT2D eigenvalue weighted by atomic mass is 9.70. The van der Waals surface area contributed by atoms with Crippen LogP contribution in [0.15, 0.2) is 54.7 Å². The molecule has 0 radical (unpaired) electrons. The quantitative estimate of drug-likeness (QED) is 0.265. The van der Waals surface area contributed by atoms with E-state index in [1.165, 1.54) is 0 Å². The van der Waals surface area contributed by atoms with E-state index >= 15 is 0 Å². The lowest BCUT2D eigenvalue weighted by Crippen LogP contribution is -2.40. The molecule has 1 aromatic heterocycles. The van der Waals surface area contributed by atoms with Crippen molar-refractivity contribution >= 4 is 63.0 Å². The van der Waals surface area contributed by atoms with Crippen molar-refractivity contribution in [2.75, 3.05) is 6.61 Å². The van der Waals surface area contributed by atoms with Crippen LogP contribution < -0.4 is 0 Å². The molecule has 1 fully saturated rings. The maximum Gasteiger partial charge on any atom is 0.338 e. The Labute approximate surface area is 219 Å². The molecule has 2 aromatic carbocycles. The monoisotopic (exact) mass is 611 g/mol. The topological polar surface area (TPSA) is 115 Å². The van der Waals surface area contributed by atoms with Crippen LogP contribution in [0.3, 0.4) is 0 Å². The zero-order valence-corrected chi connectivity index (χ0v) is 21.6. The van der Waals surface area contributed by atoms with Gasteiger partial charge < -0.3 is 24.3 Å². The Kier molecular flexibility index (Phi) is 7.39. The van der Waals surface area contributed by atoms with Gasteiger partial charge in [0.2, 0.25) is 0 Å². The summed E-state index contributed by atoms with van der Waals surface area (Å²) in [6, 6.07) is 13.8. The van der Waals surface area contributed by atoms with Crippen LogP contribution >= 0.6 is 34.2 Å². The second-order valence-electron chi connectivity index (χ2n) is 8.78. The number of carbonyl (C=O) groups excluding carboxylic acids is 1. The third kappa shape index (κ3) is 5.03. The third-order valence-corrected chi connectivity index (χ3v) is 7.70. The Morgan fingerprint density at radius 1 is 1.11 bits per heavy atom. The Morgan fingerprint density at radius 2 is 1.83 bits per heavy atom. The summed E-state index contributed by atoms with van der Waals surface area (Å²) in [7, 11) is 0. The summed E-state index contributed by atoms with van der Waals surface area (Å²) in [5.74, 6) is -3.47. The van der Waals surface area contributed by atoms with E-state index in [1.54, 1.807) is 54.0 Å². The van der Waals surface area contributed by atoms with Crippen molar-refractivity contribution in [3.8, 4) is 0 Å². The molecule has 0 unspecified atom stereocenters. The predicted molar refractivity (Wildman–Crippen MR) is 136 cm³/mol. The second-order valence-corrected chi connectivity index (χ2v) is 10.3. The molecule has 1 saturated heterocycles. The van der Waals surface area contributed by atoms with Gasteiger partial charge in [0, 0.05) is 26.5 Å². The lowest BCUT2D eigenvalue weighted by Gasteiger charge is -2.33. The van der Waals surface area contributed by atoms with Crippen molar-refractivity contribution in [3.05, 3.63) is 68.9 Å². The van der Waals surface area contributed by atoms with Gasteiger partial charge in [-0.2, -0.15) is 0 Å². The zero-order chi connectivity index (χ0) is 25.3. The number of benzene rings is 2. The summed E-state index contributed by atoms with van der Waals surface area (Å²) in [6.07, 6.45) is -0.522. The molecule has 2 N–H and O–H groups in total. The summed E-state index contributed by atoms with van der Waals surface area (Å²) < 4.78 is 14.5. The van der Waals surface area contributed by atoms with Crippen LogP contribution in [0.1, 0.15) is 36.4 Å². The SMILES string of the molecule is C[C@]1(CC(=O)O)[C@H](COC(=O)c2ccccc2)O[C@@H](n2cc(I)c3c(Cl)cccc32)[C@@H]1CC(=O)O. The molecule has 0 amide bonds. The number of hydrogen-bond donors (Lipinski definition) is 2. The molecule has 3 aromatic rings. The first-order chi connectivity index (χ1) is 16.6. The molecular formula is C25H23ClINO7. The standard InChI is InChI=1S/C25H23ClINO7/c1-25(11-21(31)32)15(10-20(29)30)23(28-12-17(27)22-16(26)8-5-9-18(22)28)35-19(25)13-34-24(33)14-6-3-2-4-7-14/h2-9,12,15,19,23H,10-11,13H2,1H3,(H,29,30)(H,31,32)/t15-,19-,23+,25+/m0/s1. The molecule has 0 spiro atoms. The van der Waals surface area contributed by atoms with Crippen LogP contribution in [-0.2, 0) is 19.1 Å². The fourth-order valence-electron chi connectivity index (χ4n) is 4.81. The fourth-order valence-corrected chi connectivity index (χ4v) is 6.10. The van der Waals surface area contributed by atoms with Crippen LogP contribution in [0.5, 0.6) is 0 Å². The maximum atomic E-state index is 12.6. The van der Waals surface area contributed by atoms with Crippen molar-refractivity contribution in [1.29, 1.82) is 0 Å². The van der Waals surface area contributed by atoms with Crippen molar-refractivity contribution in [1.82, 2.24) is 4.57 Å². The van der Waals surface area contributed by atoms with E-state index in [4.69, 9.17) is 21.1 Å². The highest BCUT2D eigenvalue weighted by molar-refractivity contribution is 14.1. The molecular weight excluding hydrogens is 589 g/mol. The fraction of sp³-hybridized carbons (Fsp3) is 0.320. The first-order valence-corrected chi connectivity index (χ1v) is 12.3. The number of carboxylic acids is 2. The molecule has 10 heteroatoms. The molecule has 0 aliphatic carbocycles. The van der Waals surface area contributed by atoms with Crippen LogP contribution in [0.2, 0.25) is 5.02 Å². The Balaban J connectivity index is 1.73. The lowest BCUT2D eigenvalue weighted by molar-refractivity contribution is -0.144. The summed E-state index contributed by atoms with van der Waals surface area (Å²) in [6.45, 7) is 1.46. The van der Waals surface area contributed by atoms with E-state index in [9.17, 15) is 24.6 Å². The van der Waals surface area contributed by atoms with Gasteiger partial charge >= 0.3 is 17.9 Å². The largest absolute Gasteiger partial charge is 0.481 e. The van der Waals surface area contributed by atoms with Gasteiger partial charge in [-0.3, -0.25) is 9.59 Å². The molecule has 4 atom stereocenters. The van der Waals surface area contributed by atoms with E-state index in [-0.39, 0.29) is 19.4 Å². The van der Waals surface area contributed by atoms with Crippen molar-refractivity contribution in [3.63, 3.8) is 0 Å². The highest BCUT2D eigenvalue weighted by atomic mass is 127. The van der Waals surface area contributed by atoms with Crippen LogP contribution in [0.25, 0.3) is 10.9 Å². The second kappa shape index (κ2) is 10.2. The summed E-state index contributed by atoms with van der Waals surface area (Å²) in [5, 5.41) is 20.7. The number of hydrogen-bond acceptors (Lipinski definition) is 5. The van der Waals surface area contributed by atoms with Gasteiger partial charge in [0.1, 0.15) is 18.9 Å². The van der Waals surface area contributed by atoms with Gasteiger partial charge in [-0.1, -0.05) is 42.8 Å². The normalized spacial score (nSPS) is 23.9. The molecule has 2 heterocycles. The zero-order valence-electron chi connectivity index (χ0n) is 18.7. The number of ether oxygens (including phenoxy) is 2. The minimum absolute atomic E-state index is 0.221. The number of rotatable bonds is 8. The Morgan fingerprint density at radius 3 is 2.49 bits per heavy atom. The minimum atomic E-state index is -1.13. The number of fused-ring (bicyclic) bond motifs is 1. The van der Waals surface area contributed by atoms with E-state index in [2.05, 4.69) is 22.6 Å². The maximum absolute atomic E-state index is 12.6. The van der Waals surface area contributed by atoms with Crippen molar-refractivity contribution in [2.45, 2.75) is 32.1 Å². The predicted octanol–water partition coefficient (Wildman–Crippen LogP) is 5.23. The van der Waals surface area contributed by atoms with Gasteiger partial charge in [0.15, 0.2) is 0 Å². The van der Waals surface area contributed by atoms with Crippen LogP contribution in [0, 0.1) is 14.9 Å². The Bertz CT molecular complexity index is 1280. The number of halogens is 2. The minimum Gasteiger partial charge on any atom is -0.481 e. The first-order valence-electron chi connectivity index (χ1n) is 10.9. The summed E-state index contributed by atoms with van der Waals surface area (Å²) in [4.78, 5) is 36.3. The molecule has 184 valence electrons. The number of carbonyl (C=O) groups is 3. The number of aromatic nitrogens is 1. The van der Waals surface area contributed by atoms with Gasteiger partial charge in [0.25, 0.3) is 0 Å². The first kappa shape index (κ1) is 25.5. The van der Waals surface area contributed by atoms with Gasteiger partial charge in [0.05, 0.1) is 28.9 Å². The number of esters is 1. The van der Waals surface area contributed by atoms with Crippen LogP contribution in [0.4, 0.5) is 0 Å². The Hall–Kier alpha value is -2.63. The van der Waals surface area contributed by atoms with Crippen molar-refractivity contribution < 1.29 is 34.1 Å². The van der Waals surface area contributed by atoms with Gasteiger partial charge in [-0.15, -0.1) is 0 Å². The van der Waals surface area contributed by atoms with E-state index in [0.29, 0.717) is 10.6 Å². The van der Waals surface area contributed by atoms with Crippen LogP contribution in [-0.4, -0.2) is 45.4 Å². The number of nitrogens with zero attached hydrogens (tertiary/aromatic N) is 1. The molecule has 1 aliphatic rings. The molecule has 8 nitrogen and oxygen atoms in total. The average molecular weight is 612 g/mol. The summed E-state index contributed by atoms with van der Waals surface area (Å²) in [5.41, 5.74) is -0.0431. The highest BCUT2D eigenvalue weighted by Crippen LogP contribution is 2.53. The molecule has 0 bridgehead atoms. The smallest absolute Gasteiger partial charge is 0.338 e. The van der Waals surface area contributed by atoms with E-state index in [1.807, 2.05) is 12.3 Å². The van der Waals surface area contributed by atoms with E-state index < -0.39 is 41.6 Å². The molecule has 4 rings (SSSR count). The highest BCUT2D eigenvalue weighted by Gasteiger charge is 2.56. The molecule has 35 heavy (non-hydrogen) atoms. The third-order valence-electron chi connectivity index (χ3n) is 6.57. The van der Waals surface area contributed by atoms with Gasteiger partial charge in [-0.05, 0) is 46.9 Å². The summed E-state index contributed by atoms with van der Waals surface area (Å²) >= 11 is 8.56.